The van der Waals surface area contributed by atoms with Crippen LogP contribution in [0.15, 0.2) is 53.6 Å². The van der Waals surface area contributed by atoms with Crippen LogP contribution < -0.4 is 9.64 Å². The maximum atomic E-state index is 13.7. The van der Waals surface area contributed by atoms with Crippen molar-refractivity contribution in [1.29, 1.82) is 0 Å². The van der Waals surface area contributed by atoms with E-state index in [9.17, 15) is 23.1 Å². The van der Waals surface area contributed by atoms with Crippen LogP contribution in [0.3, 0.4) is 0 Å². The number of carbonyl (C=O) groups excluding carboxylic acids is 1. The third kappa shape index (κ3) is 3.77. The zero-order valence-electron chi connectivity index (χ0n) is 16.1. The predicted molar refractivity (Wildman–Crippen MR) is 102 cm³/mol. The molecule has 154 valence electrons. The summed E-state index contributed by atoms with van der Waals surface area (Å²) in [5.41, 5.74) is -2.37. The number of hydrogen-bond acceptors (Lipinski definition) is 5. The number of carbonyl (C=O) groups is 1. The lowest BCUT2D eigenvalue weighted by molar-refractivity contribution is -0.297. The Morgan fingerprint density at radius 2 is 1.72 bits per heavy atom. The smallest absolute Gasteiger partial charge is 0.438 e. The first-order chi connectivity index (χ1) is 13.6. The highest BCUT2D eigenvalue weighted by molar-refractivity contribution is 6.05. The van der Waals surface area contributed by atoms with Crippen molar-refractivity contribution in [1.82, 2.24) is 5.01 Å². The molecule has 1 N–H and O–H groups in total. The van der Waals surface area contributed by atoms with Crippen molar-refractivity contribution in [3.8, 4) is 5.75 Å². The van der Waals surface area contributed by atoms with Gasteiger partial charge in [0, 0.05) is 25.3 Å². The second kappa shape index (κ2) is 7.40. The number of anilines is 1. The Morgan fingerprint density at radius 1 is 1.14 bits per heavy atom. The van der Waals surface area contributed by atoms with Crippen LogP contribution in [-0.4, -0.2) is 54.8 Å². The number of benzene rings is 2. The molecule has 3 rings (SSSR count). The lowest BCUT2D eigenvalue weighted by atomic mass is 10.0. The quantitative estimate of drug-likeness (QED) is 0.845. The van der Waals surface area contributed by atoms with E-state index in [4.69, 9.17) is 4.74 Å². The topological polar surface area (TPSA) is 65.4 Å². The Balaban J connectivity index is 1.99. The molecule has 0 spiro atoms. The first-order valence-corrected chi connectivity index (χ1v) is 8.70. The monoisotopic (exact) mass is 407 g/mol. The molecule has 0 radical (unpaired) electrons. The summed E-state index contributed by atoms with van der Waals surface area (Å²) in [5.74, 6) is -0.522. The SMILES string of the molecule is COc1ccc(C2=NN(C(=O)c3ccc(N(C)C)cc3)[C@](O)(C(F)(F)F)C2)cc1. The van der Waals surface area contributed by atoms with E-state index in [0.717, 1.165) is 5.69 Å². The number of halogens is 3. The van der Waals surface area contributed by atoms with Crippen molar-refractivity contribution < 1.29 is 27.8 Å². The number of hydrazone groups is 1. The maximum Gasteiger partial charge on any atom is 0.438 e. The number of alkyl halides is 3. The summed E-state index contributed by atoms with van der Waals surface area (Å²) in [4.78, 5) is 14.6. The van der Waals surface area contributed by atoms with Gasteiger partial charge in [-0.15, -0.1) is 0 Å². The van der Waals surface area contributed by atoms with Crippen molar-refractivity contribution in [2.75, 3.05) is 26.1 Å². The molecule has 0 saturated carbocycles. The van der Waals surface area contributed by atoms with Gasteiger partial charge in [-0.3, -0.25) is 4.79 Å². The molecule has 0 bridgehead atoms. The van der Waals surface area contributed by atoms with Gasteiger partial charge in [-0.2, -0.15) is 23.3 Å². The van der Waals surface area contributed by atoms with E-state index in [0.29, 0.717) is 11.3 Å². The van der Waals surface area contributed by atoms with Crippen LogP contribution in [0.4, 0.5) is 18.9 Å². The largest absolute Gasteiger partial charge is 0.497 e. The van der Waals surface area contributed by atoms with Gasteiger partial charge in [0.05, 0.1) is 19.2 Å². The standard InChI is InChI=1S/C20H20F3N3O3/c1-25(2)15-8-4-14(5-9-15)18(27)26-19(28,20(21,22)23)12-17(24-26)13-6-10-16(29-3)11-7-13/h4-11,28H,12H2,1-3H3/t19-/m1/s1. The van der Waals surface area contributed by atoms with Gasteiger partial charge in [-0.25, -0.2) is 0 Å². The number of hydrogen-bond donors (Lipinski definition) is 1. The molecule has 0 fully saturated rings. The molecule has 1 atom stereocenters. The number of aliphatic hydroxyl groups is 1. The zero-order valence-corrected chi connectivity index (χ0v) is 16.1. The molecule has 6 nitrogen and oxygen atoms in total. The molecule has 1 heterocycles. The van der Waals surface area contributed by atoms with Crippen molar-refractivity contribution in [3.05, 3.63) is 59.7 Å². The number of nitrogens with zero attached hydrogens (tertiary/aromatic N) is 3. The van der Waals surface area contributed by atoms with E-state index in [1.807, 2.05) is 0 Å². The van der Waals surface area contributed by atoms with E-state index in [1.165, 1.54) is 31.4 Å². The Morgan fingerprint density at radius 3 is 2.21 bits per heavy atom. The molecule has 1 amide bonds. The molecule has 0 aliphatic carbocycles. The Bertz CT molecular complexity index is 925. The lowest BCUT2D eigenvalue weighted by Crippen LogP contribution is -2.56. The van der Waals surface area contributed by atoms with Crippen molar-refractivity contribution in [2.45, 2.75) is 18.3 Å². The minimum absolute atomic E-state index is 0.0157. The Labute approximate surface area is 165 Å². The fourth-order valence-corrected chi connectivity index (χ4v) is 2.95. The van der Waals surface area contributed by atoms with Crippen LogP contribution in [0, 0.1) is 0 Å². The van der Waals surface area contributed by atoms with E-state index >= 15 is 0 Å². The van der Waals surface area contributed by atoms with Crippen LogP contribution in [0.2, 0.25) is 0 Å². The normalized spacial score (nSPS) is 19.1. The van der Waals surface area contributed by atoms with Gasteiger partial charge in [0.15, 0.2) is 0 Å². The first kappa shape index (κ1) is 20.7. The molecular formula is C20H20F3N3O3. The number of rotatable bonds is 4. The third-order valence-corrected chi connectivity index (χ3v) is 4.69. The molecule has 9 heteroatoms. The average molecular weight is 407 g/mol. The van der Waals surface area contributed by atoms with Crippen molar-refractivity contribution >= 4 is 17.3 Å². The van der Waals surface area contributed by atoms with Crippen molar-refractivity contribution in [3.63, 3.8) is 0 Å². The molecule has 2 aromatic rings. The van der Waals surface area contributed by atoms with Gasteiger partial charge in [0.25, 0.3) is 11.6 Å². The molecular weight excluding hydrogens is 387 g/mol. The van der Waals surface area contributed by atoms with E-state index in [1.54, 1.807) is 43.3 Å². The van der Waals surface area contributed by atoms with Gasteiger partial charge in [0.1, 0.15) is 5.75 Å². The molecule has 2 aromatic carbocycles. The van der Waals surface area contributed by atoms with Gasteiger partial charge >= 0.3 is 6.18 Å². The minimum atomic E-state index is -5.09. The van der Waals surface area contributed by atoms with Crippen LogP contribution in [0.5, 0.6) is 5.75 Å². The number of ether oxygens (including phenoxy) is 1. The summed E-state index contributed by atoms with van der Waals surface area (Å²) >= 11 is 0. The van der Waals surface area contributed by atoms with Gasteiger partial charge < -0.3 is 14.7 Å². The highest BCUT2D eigenvalue weighted by atomic mass is 19.4. The molecule has 0 saturated heterocycles. The minimum Gasteiger partial charge on any atom is -0.497 e. The summed E-state index contributed by atoms with van der Waals surface area (Å²) in [6.45, 7) is 0. The maximum absolute atomic E-state index is 13.7. The highest BCUT2D eigenvalue weighted by Gasteiger charge is 2.63. The van der Waals surface area contributed by atoms with Crippen LogP contribution in [-0.2, 0) is 0 Å². The lowest BCUT2D eigenvalue weighted by Gasteiger charge is -2.32. The predicted octanol–water partition coefficient (Wildman–Crippen LogP) is 3.26. The van der Waals surface area contributed by atoms with Crippen molar-refractivity contribution in [2.24, 2.45) is 5.10 Å². The summed E-state index contributed by atoms with van der Waals surface area (Å²) in [7, 11) is 5.06. The molecule has 29 heavy (non-hydrogen) atoms. The molecule has 1 aliphatic heterocycles. The summed E-state index contributed by atoms with van der Waals surface area (Å²) in [6, 6.07) is 12.2. The molecule has 0 unspecified atom stereocenters. The van der Waals surface area contributed by atoms with E-state index in [2.05, 4.69) is 5.10 Å². The van der Waals surface area contributed by atoms with Gasteiger partial charge in [0.2, 0.25) is 0 Å². The number of methoxy groups -OCH3 is 1. The summed E-state index contributed by atoms with van der Waals surface area (Å²) in [5, 5.41) is 14.4. The van der Waals surface area contributed by atoms with Gasteiger partial charge in [-0.1, -0.05) is 0 Å². The van der Waals surface area contributed by atoms with E-state index < -0.39 is 24.2 Å². The van der Waals surface area contributed by atoms with E-state index in [-0.39, 0.29) is 16.3 Å². The van der Waals surface area contributed by atoms with Crippen LogP contribution in [0.1, 0.15) is 22.3 Å². The summed E-state index contributed by atoms with van der Waals surface area (Å²) in [6.07, 6.45) is -5.96. The van der Waals surface area contributed by atoms with Crippen LogP contribution >= 0.6 is 0 Å². The second-order valence-corrected chi connectivity index (χ2v) is 6.82. The van der Waals surface area contributed by atoms with Gasteiger partial charge in [-0.05, 0) is 54.1 Å². The molecule has 0 aromatic heterocycles. The fourth-order valence-electron chi connectivity index (χ4n) is 2.95. The Kier molecular flexibility index (Phi) is 5.27. The summed E-state index contributed by atoms with van der Waals surface area (Å²) < 4.78 is 46.1. The third-order valence-electron chi connectivity index (χ3n) is 4.69. The van der Waals surface area contributed by atoms with Crippen LogP contribution in [0.25, 0.3) is 0 Å². The highest BCUT2D eigenvalue weighted by Crippen LogP contribution is 2.42. The first-order valence-electron chi connectivity index (χ1n) is 8.70. The zero-order chi connectivity index (χ0) is 21.4. The average Bonchev–Trinajstić information content (AvgIpc) is 3.06. The fraction of sp³-hybridized carbons (Fsp3) is 0.300. The molecule has 1 aliphatic rings. The number of amides is 1. The Hall–Kier alpha value is -3.07. The second-order valence-electron chi connectivity index (χ2n) is 6.82.